The van der Waals surface area contributed by atoms with Crippen LogP contribution in [-0.4, -0.2) is 36.9 Å². The molecule has 1 unspecified atom stereocenters. The molecule has 0 radical (unpaired) electrons. The quantitative estimate of drug-likeness (QED) is 0.877. The number of rotatable bonds is 4. The van der Waals surface area contributed by atoms with E-state index in [1.807, 2.05) is 0 Å². The summed E-state index contributed by atoms with van der Waals surface area (Å²) in [6.07, 6.45) is -1.30. The molecule has 0 spiro atoms. The first kappa shape index (κ1) is 12.2. The molecule has 6 nitrogen and oxygen atoms in total. The molecule has 2 rings (SSSR count). The molecule has 18 heavy (non-hydrogen) atoms. The van der Waals surface area contributed by atoms with Crippen LogP contribution in [0.15, 0.2) is 24.3 Å². The second-order valence-corrected chi connectivity index (χ2v) is 3.91. The second-order valence-electron chi connectivity index (χ2n) is 3.91. The Morgan fingerprint density at radius 3 is 2.72 bits per heavy atom. The van der Waals surface area contributed by atoms with Crippen LogP contribution in [0.1, 0.15) is 6.42 Å². The number of anilines is 1. The van der Waals surface area contributed by atoms with E-state index in [0.29, 0.717) is 11.4 Å². The fourth-order valence-corrected chi connectivity index (χ4v) is 1.80. The Balaban J connectivity index is 2.08. The zero-order valence-electron chi connectivity index (χ0n) is 9.83. The van der Waals surface area contributed by atoms with Crippen molar-refractivity contribution in [1.29, 1.82) is 0 Å². The average Bonchev–Trinajstić information content (AvgIpc) is 2.69. The Bertz CT molecular complexity index is 456. The van der Waals surface area contributed by atoms with Crippen molar-refractivity contribution < 1.29 is 24.2 Å². The minimum atomic E-state index is -0.982. The zero-order valence-corrected chi connectivity index (χ0v) is 9.83. The van der Waals surface area contributed by atoms with Gasteiger partial charge in [0.15, 0.2) is 0 Å². The lowest BCUT2D eigenvalue weighted by Crippen LogP contribution is -2.25. The number of cyclic esters (lactones) is 1. The molecule has 1 saturated heterocycles. The van der Waals surface area contributed by atoms with Gasteiger partial charge in [-0.15, -0.1) is 0 Å². The molecule has 1 amide bonds. The minimum Gasteiger partial charge on any atom is -0.497 e. The molecule has 1 aliphatic heterocycles. The summed E-state index contributed by atoms with van der Waals surface area (Å²) in [5, 5.41) is 8.66. The molecule has 1 aliphatic rings. The monoisotopic (exact) mass is 251 g/mol. The molecule has 96 valence electrons. The number of nitrogens with zero attached hydrogens (tertiary/aromatic N) is 1. The van der Waals surface area contributed by atoms with Crippen LogP contribution >= 0.6 is 0 Å². The van der Waals surface area contributed by atoms with Gasteiger partial charge in [0.2, 0.25) is 0 Å². The number of carboxylic acid groups (broad SMARTS) is 1. The van der Waals surface area contributed by atoms with Gasteiger partial charge in [0.05, 0.1) is 20.1 Å². The van der Waals surface area contributed by atoms with Crippen molar-refractivity contribution in [2.75, 3.05) is 18.6 Å². The normalized spacial score (nSPS) is 18.6. The number of carbonyl (C=O) groups excluding carboxylic acids is 1. The Kier molecular flexibility index (Phi) is 3.36. The molecule has 1 aromatic carbocycles. The highest BCUT2D eigenvalue weighted by atomic mass is 16.6. The third-order valence-electron chi connectivity index (χ3n) is 2.66. The summed E-state index contributed by atoms with van der Waals surface area (Å²) in [6.45, 7) is 0.247. The molecule has 0 bridgehead atoms. The number of amides is 1. The van der Waals surface area contributed by atoms with E-state index < -0.39 is 18.2 Å². The number of benzene rings is 1. The van der Waals surface area contributed by atoms with E-state index in [2.05, 4.69) is 0 Å². The lowest BCUT2D eigenvalue weighted by Gasteiger charge is -2.13. The minimum absolute atomic E-state index is 0.182. The molecular formula is C12H13NO5. The van der Waals surface area contributed by atoms with Crippen molar-refractivity contribution in [3.8, 4) is 5.75 Å². The van der Waals surface area contributed by atoms with E-state index >= 15 is 0 Å². The van der Waals surface area contributed by atoms with E-state index in [1.165, 1.54) is 4.90 Å². The van der Waals surface area contributed by atoms with Crippen molar-refractivity contribution in [3.05, 3.63) is 24.3 Å². The highest BCUT2D eigenvalue weighted by Crippen LogP contribution is 2.24. The second kappa shape index (κ2) is 4.95. The highest BCUT2D eigenvalue weighted by Gasteiger charge is 2.33. The van der Waals surface area contributed by atoms with Gasteiger partial charge in [-0.3, -0.25) is 9.69 Å². The summed E-state index contributed by atoms with van der Waals surface area (Å²) in [6, 6.07) is 6.91. The van der Waals surface area contributed by atoms with Crippen LogP contribution in [-0.2, 0) is 9.53 Å². The van der Waals surface area contributed by atoms with Crippen molar-refractivity contribution in [3.63, 3.8) is 0 Å². The molecule has 1 fully saturated rings. The molecule has 1 aromatic rings. The van der Waals surface area contributed by atoms with Crippen LogP contribution in [0, 0.1) is 0 Å². The van der Waals surface area contributed by atoms with E-state index in [4.69, 9.17) is 14.6 Å². The number of carboxylic acids is 1. The fraction of sp³-hybridized carbons (Fsp3) is 0.333. The standard InChI is InChI=1S/C12H13NO5/c1-17-9-4-2-8(3-5-9)13-7-10(6-11(14)15)18-12(13)16/h2-5,10H,6-7H2,1H3,(H,14,15). The average molecular weight is 251 g/mol. The first-order valence-electron chi connectivity index (χ1n) is 5.44. The maximum atomic E-state index is 11.6. The summed E-state index contributed by atoms with van der Waals surface area (Å²) in [5.41, 5.74) is 0.661. The highest BCUT2D eigenvalue weighted by molar-refractivity contribution is 5.90. The van der Waals surface area contributed by atoms with E-state index in [9.17, 15) is 9.59 Å². The molecule has 1 heterocycles. The number of carbonyl (C=O) groups is 2. The maximum Gasteiger partial charge on any atom is 0.414 e. The fourth-order valence-electron chi connectivity index (χ4n) is 1.80. The van der Waals surface area contributed by atoms with E-state index in [0.717, 1.165) is 0 Å². The predicted molar refractivity (Wildman–Crippen MR) is 62.9 cm³/mol. The number of ether oxygens (including phenoxy) is 2. The maximum absolute atomic E-state index is 11.6. The SMILES string of the molecule is COc1ccc(N2CC(CC(=O)O)OC2=O)cc1. The molecule has 1 N–H and O–H groups in total. The summed E-state index contributed by atoms with van der Waals surface area (Å²) in [4.78, 5) is 23.6. The van der Waals surface area contributed by atoms with E-state index in [1.54, 1.807) is 31.4 Å². The topological polar surface area (TPSA) is 76.1 Å². The van der Waals surface area contributed by atoms with Gasteiger partial charge in [-0.05, 0) is 24.3 Å². The van der Waals surface area contributed by atoms with Crippen molar-refractivity contribution in [1.82, 2.24) is 0 Å². The lowest BCUT2D eigenvalue weighted by atomic mass is 10.2. The van der Waals surface area contributed by atoms with Gasteiger partial charge < -0.3 is 14.6 Å². The summed E-state index contributed by atoms with van der Waals surface area (Å²) in [5.74, 6) is -0.294. The van der Waals surface area contributed by atoms with Crippen molar-refractivity contribution >= 4 is 17.7 Å². The van der Waals surface area contributed by atoms with Gasteiger partial charge in [-0.2, -0.15) is 0 Å². The number of hydrogen-bond donors (Lipinski definition) is 1. The smallest absolute Gasteiger partial charge is 0.414 e. The van der Waals surface area contributed by atoms with Gasteiger partial charge >= 0.3 is 12.1 Å². The van der Waals surface area contributed by atoms with Gasteiger partial charge in [-0.1, -0.05) is 0 Å². The molecule has 1 atom stereocenters. The largest absolute Gasteiger partial charge is 0.497 e. The van der Waals surface area contributed by atoms with Gasteiger partial charge in [0.1, 0.15) is 11.9 Å². The Morgan fingerprint density at radius 1 is 1.50 bits per heavy atom. The van der Waals surface area contributed by atoms with Crippen molar-refractivity contribution in [2.45, 2.75) is 12.5 Å². The summed E-state index contributed by atoms with van der Waals surface area (Å²) in [7, 11) is 1.56. The molecule has 0 aromatic heterocycles. The zero-order chi connectivity index (χ0) is 13.1. The Morgan fingerprint density at radius 2 is 2.17 bits per heavy atom. The third-order valence-corrected chi connectivity index (χ3v) is 2.66. The van der Waals surface area contributed by atoms with Crippen LogP contribution in [0.5, 0.6) is 5.75 Å². The van der Waals surface area contributed by atoms with Crippen LogP contribution < -0.4 is 9.64 Å². The summed E-state index contributed by atoms with van der Waals surface area (Å²) < 4.78 is 9.99. The first-order valence-corrected chi connectivity index (χ1v) is 5.44. The first-order chi connectivity index (χ1) is 8.60. The van der Waals surface area contributed by atoms with Gasteiger partial charge in [-0.25, -0.2) is 4.79 Å². The molecule has 0 saturated carbocycles. The van der Waals surface area contributed by atoms with E-state index in [-0.39, 0.29) is 13.0 Å². The Labute approximate surface area is 104 Å². The lowest BCUT2D eigenvalue weighted by molar-refractivity contribution is -0.138. The molecule has 6 heteroatoms. The molecule has 0 aliphatic carbocycles. The van der Waals surface area contributed by atoms with Crippen LogP contribution in [0.2, 0.25) is 0 Å². The Hall–Kier alpha value is -2.24. The summed E-state index contributed by atoms with van der Waals surface area (Å²) >= 11 is 0. The van der Waals surface area contributed by atoms with Gasteiger partial charge in [0, 0.05) is 5.69 Å². The van der Waals surface area contributed by atoms with Crippen LogP contribution in [0.4, 0.5) is 10.5 Å². The van der Waals surface area contributed by atoms with Crippen LogP contribution in [0.25, 0.3) is 0 Å². The van der Waals surface area contributed by atoms with Crippen molar-refractivity contribution in [2.24, 2.45) is 0 Å². The number of aliphatic carboxylic acids is 1. The number of hydrogen-bond acceptors (Lipinski definition) is 4. The van der Waals surface area contributed by atoms with Crippen LogP contribution in [0.3, 0.4) is 0 Å². The third kappa shape index (κ3) is 2.53. The molecular weight excluding hydrogens is 238 g/mol. The number of methoxy groups -OCH3 is 1. The predicted octanol–water partition coefficient (Wildman–Crippen LogP) is 1.50. The van der Waals surface area contributed by atoms with Gasteiger partial charge in [0.25, 0.3) is 0 Å².